The summed E-state index contributed by atoms with van der Waals surface area (Å²) < 4.78 is 25.4. The van der Waals surface area contributed by atoms with Crippen LogP contribution in [0.15, 0.2) is 34.8 Å². The number of benzene rings is 2. The Balaban J connectivity index is 1.98. The van der Waals surface area contributed by atoms with Crippen LogP contribution in [-0.2, 0) is 13.2 Å². The van der Waals surface area contributed by atoms with Crippen molar-refractivity contribution in [2.75, 3.05) is 13.7 Å². The van der Waals surface area contributed by atoms with E-state index in [2.05, 4.69) is 28.2 Å². The van der Waals surface area contributed by atoms with E-state index in [1.165, 1.54) is 37.8 Å². The predicted molar refractivity (Wildman–Crippen MR) is 112 cm³/mol. The van der Waals surface area contributed by atoms with Gasteiger partial charge in [-0.2, -0.15) is 0 Å². The van der Waals surface area contributed by atoms with Crippen LogP contribution >= 0.6 is 27.5 Å². The molecule has 0 aliphatic heterocycles. The zero-order valence-corrected chi connectivity index (χ0v) is 18.1. The smallest absolute Gasteiger partial charge is 0.175 e. The van der Waals surface area contributed by atoms with Crippen molar-refractivity contribution in [1.29, 1.82) is 0 Å². The molecule has 27 heavy (non-hydrogen) atoms. The fraction of sp³-hybridized carbons (Fsp3) is 0.429. The topological polar surface area (TPSA) is 30.5 Å². The van der Waals surface area contributed by atoms with E-state index in [1.807, 2.05) is 12.1 Å². The van der Waals surface area contributed by atoms with Crippen molar-refractivity contribution in [3.05, 3.63) is 56.8 Å². The second kappa shape index (κ2) is 11.5. The average molecular weight is 459 g/mol. The van der Waals surface area contributed by atoms with E-state index in [4.69, 9.17) is 21.1 Å². The Hall–Kier alpha value is -1.30. The summed E-state index contributed by atoms with van der Waals surface area (Å²) in [4.78, 5) is 0. The lowest BCUT2D eigenvalue weighted by atomic mass is 10.1. The quantitative estimate of drug-likeness (QED) is 0.390. The van der Waals surface area contributed by atoms with Crippen molar-refractivity contribution in [3.63, 3.8) is 0 Å². The van der Waals surface area contributed by atoms with Crippen molar-refractivity contribution in [1.82, 2.24) is 5.32 Å². The van der Waals surface area contributed by atoms with Crippen molar-refractivity contribution in [2.24, 2.45) is 0 Å². The van der Waals surface area contributed by atoms with Crippen LogP contribution in [0.5, 0.6) is 11.5 Å². The first-order valence-electron chi connectivity index (χ1n) is 9.19. The summed E-state index contributed by atoms with van der Waals surface area (Å²) in [5, 5.41) is 3.80. The molecule has 0 fully saturated rings. The van der Waals surface area contributed by atoms with Gasteiger partial charge in [0, 0.05) is 12.1 Å². The second-order valence-electron chi connectivity index (χ2n) is 6.37. The number of methoxy groups -OCH3 is 1. The first kappa shape index (κ1) is 22.0. The van der Waals surface area contributed by atoms with Gasteiger partial charge in [-0.3, -0.25) is 0 Å². The van der Waals surface area contributed by atoms with Crippen LogP contribution in [0.25, 0.3) is 0 Å². The number of hydrogen-bond acceptors (Lipinski definition) is 3. The molecule has 0 amide bonds. The van der Waals surface area contributed by atoms with Crippen LogP contribution in [0.4, 0.5) is 4.39 Å². The average Bonchev–Trinajstić information content (AvgIpc) is 2.64. The van der Waals surface area contributed by atoms with E-state index in [-0.39, 0.29) is 12.4 Å². The van der Waals surface area contributed by atoms with Gasteiger partial charge in [0.05, 0.1) is 16.6 Å². The molecule has 0 unspecified atom stereocenters. The maximum absolute atomic E-state index is 13.2. The van der Waals surface area contributed by atoms with E-state index < -0.39 is 0 Å². The van der Waals surface area contributed by atoms with E-state index in [0.29, 0.717) is 22.1 Å². The minimum atomic E-state index is -0.367. The summed E-state index contributed by atoms with van der Waals surface area (Å²) in [7, 11) is 1.61. The van der Waals surface area contributed by atoms with Crippen molar-refractivity contribution in [3.8, 4) is 11.5 Å². The molecule has 0 heterocycles. The van der Waals surface area contributed by atoms with Gasteiger partial charge in [-0.25, -0.2) is 4.39 Å². The van der Waals surface area contributed by atoms with Gasteiger partial charge in [-0.1, -0.05) is 43.9 Å². The van der Waals surface area contributed by atoms with Gasteiger partial charge in [0.1, 0.15) is 12.4 Å². The Labute approximate surface area is 174 Å². The molecule has 0 spiro atoms. The summed E-state index contributed by atoms with van der Waals surface area (Å²) in [6.07, 6.45) is 4.97. The monoisotopic (exact) mass is 457 g/mol. The lowest BCUT2D eigenvalue weighted by Crippen LogP contribution is -2.14. The fourth-order valence-corrected chi connectivity index (χ4v) is 3.54. The van der Waals surface area contributed by atoms with Crippen LogP contribution in [0, 0.1) is 5.82 Å². The molecule has 0 bridgehead atoms. The highest BCUT2D eigenvalue weighted by molar-refractivity contribution is 9.10. The minimum Gasteiger partial charge on any atom is -0.493 e. The lowest BCUT2D eigenvalue weighted by Gasteiger charge is -2.15. The Morgan fingerprint density at radius 3 is 2.67 bits per heavy atom. The molecule has 3 nitrogen and oxygen atoms in total. The Morgan fingerprint density at radius 2 is 1.96 bits per heavy atom. The Morgan fingerprint density at radius 1 is 1.15 bits per heavy atom. The third-order valence-electron chi connectivity index (χ3n) is 4.21. The standard InChI is InChI=1S/C21H26BrClFNO2/c1-3-4-5-6-9-25-13-15-10-18(22)21(20(11-15)26-2)27-14-16-7-8-17(24)12-19(16)23/h7-8,10-12,25H,3-6,9,13-14H2,1-2H3. The summed E-state index contributed by atoms with van der Waals surface area (Å²) in [6.45, 7) is 4.21. The molecule has 0 atom stereocenters. The molecule has 1 N–H and O–H groups in total. The van der Waals surface area contributed by atoms with Crippen LogP contribution < -0.4 is 14.8 Å². The molecular weight excluding hydrogens is 433 g/mol. The Bertz CT molecular complexity index is 742. The molecule has 0 aliphatic rings. The molecule has 0 saturated heterocycles. The third kappa shape index (κ3) is 6.98. The normalized spacial score (nSPS) is 10.9. The molecule has 2 aromatic carbocycles. The fourth-order valence-electron chi connectivity index (χ4n) is 2.71. The number of rotatable bonds is 11. The van der Waals surface area contributed by atoms with Gasteiger partial charge < -0.3 is 14.8 Å². The molecule has 2 rings (SSSR count). The number of halogens is 3. The molecule has 6 heteroatoms. The molecule has 0 saturated carbocycles. The van der Waals surface area contributed by atoms with Crippen LogP contribution in [0.1, 0.15) is 43.7 Å². The van der Waals surface area contributed by atoms with E-state index >= 15 is 0 Å². The van der Waals surface area contributed by atoms with Gasteiger partial charge in [0.15, 0.2) is 11.5 Å². The van der Waals surface area contributed by atoms with Gasteiger partial charge in [0.25, 0.3) is 0 Å². The van der Waals surface area contributed by atoms with Crippen LogP contribution in [-0.4, -0.2) is 13.7 Å². The van der Waals surface area contributed by atoms with E-state index in [1.54, 1.807) is 13.2 Å². The van der Waals surface area contributed by atoms with Crippen molar-refractivity contribution >= 4 is 27.5 Å². The molecule has 2 aromatic rings. The number of unbranched alkanes of at least 4 members (excludes halogenated alkanes) is 3. The lowest BCUT2D eigenvalue weighted by molar-refractivity contribution is 0.282. The van der Waals surface area contributed by atoms with Gasteiger partial charge in [-0.15, -0.1) is 0 Å². The van der Waals surface area contributed by atoms with E-state index in [0.717, 1.165) is 23.1 Å². The zero-order valence-electron chi connectivity index (χ0n) is 15.8. The first-order valence-corrected chi connectivity index (χ1v) is 10.4. The molecule has 0 radical (unpaired) electrons. The Kier molecular flexibility index (Phi) is 9.39. The highest BCUT2D eigenvalue weighted by Crippen LogP contribution is 2.37. The zero-order chi connectivity index (χ0) is 19.6. The van der Waals surface area contributed by atoms with Gasteiger partial charge in [0.2, 0.25) is 0 Å². The number of nitrogens with one attached hydrogen (secondary N) is 1. The van der Waals surface area contributed by atoms with Gasteiger partial charge in [-0.05, 0) is 58.7 Å². The summed E-state index contributed by atoms with van der Waals surface area (Å²) in [5.41, 5.74) is 1.83. The first-order chi connectivity index (χ1) is 13.0. The summed E-state index contributed by atoms with van der Waals surface area (Å²) in [5.74, 6) is 0.879. The maximum Gasteiger partial charge on any atom is 0.175 e. The highest BCUT2D eigenvalue weighted by Gasteiger charge is 2.13. The third-order valence-corrected chi connectivity index (χ3v) is 5.15. The van der Waals surface area contributed by atoms with E-state index in [9.17, 15) is 4.39 Å². The maximum atomic E-state index is 13.2. The minimum absolute atomic E-state index is 0.225. The summed E-state index contributed by atoms with van der Waals surface area (Å²) in [6, 6.07) is 8.25. The molecule has 0 aliphatic carbocycles. The van der Waals surface area contributed by atoms with Crippen molar-refractivity contribution < 1.29 is 13.9 Å². The van der Waals surface area contributed by atoms with Gasteiger partial charge >= 0.3 is 0 Å². The largest absolute Gasteiger partial charge is 0.493 e. The van der Waals surface area contributed by atoms with Crippen LogP contribution in [0.2, 0.25) is 5.02 Å². The second-order valence-corrected chi connectivity index (χ2v) is 7.63. The predicted octanol–water partition coefficient (Wildman–Crippen LogP) is 6.50. The summed E-state index contributed by atoms with van der Waals surface area (Å²) >= 11 is 9.63. The molecular formula is C21H26BrClFNO2. The molecule has 148 valence electrons. The number of hydrogen-bond donors (Lipinski definition) is 1. The highest BCUT2D eigenvalue weighted by atomic mass is 79.9. The molecule has 0 aromatic heterocycles. The van der Waals surface area contributed by atoms with Crippen LogP contribution in [0.3, 0.4) is 0 Å². The SMILES string of the molecule is CCCCCCNCc1cc(Br)c(OCc2ccc(F)cc2Cl)c(OC)c1. The number of ether oxygens (including phenoxy) is 2. The van der Waals surface area contributed by atoms with Crippen molar-refractivity contribution in [2.45, 2.75) is 45.8 Å².